The zero-order valence-corrected chi connectivity index (χ0v) is 12.0. The monoisotopic (exact) mass is 313 g/mol. The van der Waals surface area contributed by atoms with E-state index >= 15 is 0 Å². The lowest BCUT2D eigenvalue weighted by molar-refractivity contribution is -0.119. The second-order valence-corrected chi connectivity index (χ2v) is 5.35. The zero-order chi connectivity index (χ0) is 13.1. The van der Waals surface area contributed by atoms with Gasteiger partial charge in [0.05, 0.1) is 0 Å². The van der Waals surface area contributed by atoms with Crippen molar-refractivity contribution in [3.63, 3.8) is 0 Å². The standard InChI is InChI=1S/C14H17BrFNO/c1-2-10(8-15)9-17-13-5-4-12(16)7-11(13)3-6-14(17)18/h4-5,7,10H,2-3,6,8-9H2,1H3. The van der Waals surface area contributed by atoms with Crippen molar-refractivity contribution in [3.05, 3.63) is 29.6 Å². The SMILES string of the molecule is CCC(CBr)CN1C(=O)CCc2cc(F)ccc21. The number of anilines is 1. The van der Waals surface area contributed by atoms with E-state index in [1.54, 1.807) is 12.1 Å². The molecule has 0 bridgehead atoms. The Morgan fingerprint density at radius 1 is 1.44 bits per heavy atom. The summed E-state index contributed by atoms with van der Waals surface area (Å²) in [5.74, 6) is 0.356. The second-order valence-electron chi connectivity index (χ2n) is 4.71. The minimum Gasteiger partial charge on any atom is -0.312 e. The lowest BCUT2D eigenvalue weighted by atomic mass is 9.99. The topological polar surface area (TPSA) is 20.3 Å². The van der Waals surface area contributed by atoms with Crippen LogP contribution in [0.15, 0.2) is 18.2 Å². The molecule has 0 spiro atoms. The van der Waals surface area contributed by atoms with Crippen molar-refractivity contribution < 1.29 is 9.18 Å². The molecule has 1 aromatic rings. The summed E-state index contributed by atoms with van der Waals surface area (Å²) in [5.41, 5.74) is 1.83. The van der Waals surface area contributed by atoms with E-state index in [-0.39, 0.29) is 11.7 Å². The van der Waals surface area contributed by atoms with Gasteiger partial charge in [-0.2, -0.15) is 0 Å². The number of rotatable bonds is 4. The molecule has 1 unspecified atom stereocenters. The van der Waals surface area contributed by atoms with Gasteiger partial charge in [-0.05, 0) is 36.1 Å². The van der Waals surface area contributed by atoms with Gasteiger partial charge in [0.15, 0.2) is 0 Å². The van der Waals surface area contributed by atoms with E-state index in [0.717, 1.165) is 23.0 Å². The fourth-order valence-electron chi connectivity index (χ4n) is 2.27. The highest BCUT2D eigenvalue weighted by Crippen LogP contribution is 2.29. The van der Waals surface area contributed by atoms with Gasteiger partial charge >= 0.3 is 0 Å². The third kappa shape index (κ3) is 2.74. The number of carbonyl (C=O) groups is 1. The van der Waals surface area contributed by atoms with Crippen molar-refractivity contribution in [2.45, 2.75) is 26.2 Å². The van der Waals surface area contributed by atoms with Crippen molar-refractivity contribution in [2.75, 3.05) is 16.8 Å². The first-order valence-corrected chi connectivity index (χ1v) is 7.42. The Hall–Kier alpha value is -0.900. The molecule has 2 rings (SSSR count). The van der Waals surface area contributed by atoms with Crippen LogP contribution < -0.4 is 4.90 Å². The first kappa shape index (κ1) is 13.5. The molecule has 0 fully saturated rings. The minimum absolute atomic E-state index is 0.147. The number of benzene rings is 1. The summed E-state index contributed by atoms with van der Waals surface area (Å²) in [6.45, 7) is 2.82. The molecule has 0 saturated heterocycles. The highest BCUT2D eigenvalue weighted by molar-refractivity contribution is 9.09. The third-order valence-corrected chi connectivity index (χ3v) is 4.39. The van der Waals surface area contributed by atoms with Gasteiger partial charge in [-0.3, -0.25) is 4.79 Å². The Balaban J connectivity index is 2.27. The van der Waals surface area contributed by atoms with Crippen molar-refractivity contribution in [2.24, 2.45) is 5.92 Å². The van der Waals surface area contributed by atoms with Gasteiger partial charge in [-0.15, -0.1) is 0 Å². The molecule has 1 aromatic carbocycles. The second kappa shape index (κ2) is 5.83. The first-order chi connectivity index (χ1) is 8.65. The fraction of sp³-hybridized carbons (Fsp3) is 0.500. The number of halogens is 2. The van der Waals surface area contributed by atoms with Gasteiger partial charge in [0, 0.05) is 24.0 Å². The van der Waals surface area contributed by atoms with Crippen LogP contribution >= 0.6 is 15.9 Å². The molecule has 0 radical (unpaired) electrons. The number of aryl methyl sites for hydroxylation is 1. The summed E-state index contributed by atoms with van der Waals surface area (Å²) in [5, 5.41) is 0.879. The van der Waals surface area contributed by atoms with Gasteiger partial charge in [-0.1, -0.05) is 29.3 Å². The van der Waals surface area contributed by atoms with Crippen LogP contribution in [0.1, 0.15) is 25.3 Å². The lowest BCUT2D eigenvalue weighted by Gasteiger charge is -2.31. The van der Waals surface area contributed by atoms with Crippen LogP contribution in [0.25, 0.3) is 0 Å². The normalized spacial score (nSPS) is 16.6. The van der Waals surface area contributed by atoms with Crippen LogP contribution in [0.3, 0.4) is 0 Å². The molecule has 1 atom stereocenters. The van der Waals surface area contributed by atoms with Crippen LogP contribution in [0.5, 0.6) is 0 Å². The number of nitrogens with zero attached hydrogens (tertiary/aromatic N) is 1. The van der Waals surface area contributed by atoms with E-state index in [0.29, 0.717) is 25.3 Å². The number of hydrogen-bond donors (Lipinski definition) is 0. The van der Waals surface area contributed by atoms with Crippen LogP contribution in [-0.4, -0.2) is 17.8 Å². The predicted octanol–water partition coefficient (Wildman–Crippen LogP) is 3.53. The molecule has 1 aliphatic rings. The molecular formula is C14H17BrFNO. The summed E-state index contributed by atoms with van der Waals surface area (Å²) in [6, 6.07) is 4.70. The van der Waals surface area contributed by atoms with E-state index in [1.165, 1.54) is 6.07 Å². The maximum Gasteiger partial charge on any atom is 0.227 e. The molecule has 1 amide bonds. The molecule has 1 heterocycles. The number of amides is 1. The number of fused-ring (bicyclic) bond motifs is 1. The average Bonchev–Trinajstić information content (AvgIpc) is 2.38. The molecule has 4 heteroatoms. The maximum absolute atomic E-state index is 13.2. The van der Waals surface area contributed by atoms with E-state index < -0.39 is 0 Å². The molecule has 2 nitrogen and oxygen atoms in total. The molecule has 1 aliphatic heterocycles. The molecule has 0 N–H and O–H groups in total. The molecular weight excluding hydrogens is 297 g/mol. The molecule has 18 heavy (non-hydrogen) atoms. The molecule has 0 aromatic heterocycles. The Morgan fingerprint density at radius 2 is 2.22 bits per heavy atom. The zero-order valence-electron chi connectivity index (χ0n) is 10.5. The molecule has 0 saturated carbocycles. The van der Waals surface area contributed by atoms with Crippen LogP contribution in [0.2, 0.25) is 0 Å². The Morgan fingerprint density at radius 3 is 2.89 bits per heavy atom. The Labute approximate surface area is 115 Å². The third-order valence-electron chi connectivity index (χ3n) is 3.48. The molecule has 98 valence electrons. The predicted molar refractivity (Wildman–Crippen MR) is 74.6 cm³/mol. The van der Waals surface area contributed by atoms with Gasteiger partial charge in [0.25, 0.3) is 0 Å². The van der Waals surface area contributed by atoms with Crippen LogP contribution in [0, 0.1) is 11.7 Å². The first-order valence-electron chi connectivity index (χ1n) is 6.30. The minimum atomic E-state index is -0.226. The average molecular weight is 314 g/mol. The van der Waals surface area contributed by atoms with E-state index in [1.807, 2.05) is 4.90 Å². The van der Waals surface area contributed by atoms with Crippen LogP contribution in [-0.2, 0) is 11.2 Å². The highest BCUT2D eigenvalue weighted by atomic mass is 79.9. The summed E-state index contributed by atoms with van der Waals surface area (Å²) in [4.78, 5) is 13.8. The summed E-state index contributed by atoms with van der Waals surface area (Å²) >= 11 is 3.48. The van der Waals surface area contributed by atoms with Gasteiger partial charge < -0.3 is 4.90 Å². The summed E-state index contributed by atoms with van der Waals surface area (Å²) in [7, 11) is 0. The fourth-order valence-corrected chi connectivity index (χ4v) is 2.94. The van der Waals surface area contributed by atoms with E-state index in [2.05, 4.69) is 22.9 Å². The maximum atomic E-state index is 13.2. The van der Waals surface area contributed by atoms with Crippen molar-refractivity contribution in [1.29, 1.82) is 0 Å². The quantitative estimate of drug-likeness (QED) is 0.779. The Kier molecular flexibility index (Phi) is 4.38. The summed E-state index contributed by atoms with van der Waals surface area (Å²) in [6.07, 6.45) is 2.15. The van der Waals surface area contributed by atoms with Gasteiger partial charge in [0.2, 0.25) is 5.91 Å². The van der Waals surface area contributed by atoms with E-state index in [9.17, 15) is 9.18 Å². The highest BCUT2D eigenvalue weighted by Gasteiger charge is 2.25. The van der Waals surface area contributed by atoms with Crippen molar-refractivity contribution in [1.82, 2.24) is 0 Å². The van der Waals surface area contributed by atoms with Gasteiger partial charge in [0.1, 0.15) is 5.82 Å². The number of hydrogen-bond acceptors (Lipinski definition) is 1. The molecule has 0 aliphatic carbocycles. The van der Waals surface area contributed by atoms with Crippen LogP contribution in [0.4, 0.5) is 10.1 Å². The summed E-state index contributed by atoms with van der Waals surface area (Å²) < 4.78 is 13.2. The van der Waals surface area contributed by atoms with Crippen molar-refractivity contribution >= 4 is 27.5 Å². The van der Waals surface area contributed by atoms with Crippen molar-refractivity contribution in [3.8, 4) is 0 Å². The lowest BCUT2D eigenvalue weighted by Crippen LogP contribution is -2.39. The number of alkyl halides is 1. The smallest absolute Gasteiger partial charge is 0.227 e. The number of carbonyl (C=O) groups excluding carboxylic acids is 1. The van der Waals surface area contributed by atoms with Gasteiger partial charge in [-0.25, -0.2) is 4.39 Å². The Bertz CT molecular complexity index is 445. The largest absolute Gasteiger partial charge is 0.312 e. The van der Waals surface area contributed by atoms with E-state index in [4.69, 9.17) is 0 Å².